The summed E-state index contributed by atoms with van der Waals surface area (Å²) in [4.78, 5) is 14.6. The van der Waals surface area contributed by atoms with Gasteiger partial charge in [0.05, 0.1) is 12.2 Å². The fourth-order valence-corrected chi connectivity index (χ4v) is 1.29. The third-order valence-electron chi connectivity index (χ3n) is 2.03. The predicted octanol–water partition coefficient (Wildman–Crippen LogP) is 2.44. The largest absolute Gasteiger partial charge is 0.462 e. The summed E-state index contributed by atoms with van der Waals surface area (Å²) < 4.78 is 5.15. The summed E-state index contributed by atoms with van der Waals surface area (Å²) >= 11 is 0. The lowest BCUT2D eigenvalue weighted by molar-refractivity contribution is 0.0457. The number of ether oxygens (including phenoxy) is 1. The van der Waals surface area contributed by atoms with Crippen molar-refractivity contribution in [3.05, 3.63) is 23.0 Å². The summed E-state index contributed by atoms with van der Waals surface area (Å²) in [7, 11) is 0. The number of esters is 1. The second-order valence-corrected chi connectivity index (χ2v) is 3.96. The van der Waals surface area contributed by atoms with Crippen LogP contribution < -0.4 is 0 Å². The smallest absolute Gasteiger partial charge is 0.340 e. The van der Waals surface area contributed by atoms with E-state index < -0.39 is 0 Å². The number of aryl methyl sites for hydroxylation is 2. The Bertz CT molecular complexity index is 307. The average Bonchev–Trinajstić information content (AvgIpc) is 2.42. The summed E-state index contributed by atoms with van der Waals surface area (Å²) in [5.41, 5.74) is 2.48. The van der Waals surface area contributed by atoms with Crippen LogP contribution in [0.2, 0.25) is 0 Å². The van der Waals surface area contributed by atoms with Crippen LogP contribution in [0, 0.1) is 19.8 Å². The molecule has 1 rings (SSSR count). The zero-order valence-electron chi connectivity index (χ0n) is 9.18. The fraction of sp³-hybridized carbons (Fsp3) is 0.545. The normalized spacial score (nSPS) is 10.6. The van der Waals surface area contributed by atoms with Crippen LogP contribution >= 0.6 is 0 Å². The lowest BCUT2D eigenvalue weighted by Gasteiger charge is -2.07. The fourth-order valence-electron chi connectivity index (χ4n) is 1.29. The molecular weight excluding hydrogens is 178 g/mol. The van der Waals surface area contributed by atoms with Crippen LogP contribution in [0.4, 0.5) is 0 Å². The van der Waals surface area contributed by atoms with E-state index in [1.54, 1.807) is 0 Å². The van der Waals surface area contributed by atoms with Gasteiger partial charge in [-0.1, -0.05) is 13.8 Å². The third-order valence-corrected chi connectivity index (χ3v) is 2.03. The molecular formula is C11H17NO2. The Balaban J connectivity index is 2.70. The van der Waals surface area contributed by atoms with Crippen molar-refractivity contribution in [2.45, 2.75) is 27.7 Å². The highest BCUT2D eigenvalue weighted by atomic mass is 16.5. The lowest BCUT2D eigenvalue weighted by atomic mass is 10.2. The molecule has 0 saturated carbocycles. The van der Waals surface area contributed by atoms with Gasteiger partial charge in [-0.15, -0.1) is 0 Å². The molecule has 0 aromatic carbocycles. The summed E-state index contributed by atoms with van der Waals surface area (Å²) in [5, 5.41) is 0. The molecule has 3 heteroatoms. The van der Waals surface area contributed by atoms with Gasteiger partial charge < -0.3 is 9.72 Å². The molecule has 0 radical (unpaired) electrons. The summed E-state index contributed by atoms with van der Waals surface area (Å²) in [6.07, 6.45) is 1.82. The van der Waals surface area contributed by atoms with Gasteiger partial charge in [0, 0.05) is 11.9 Å². The van der Waals surface area contributed by atoms with Crippen molar-refractivity contribution < 1.29 is 9.53 Å². The van der Waals surface area contributed by atoms with Crippen LogP contribution in [-0.2, 0) is 4.74 Å². The van der Waals surface area contributed by atoms with Gasteiger partial charge in [0.1, 0.15) is 0 Å². The standard InChI is InChI=1S/C11H17NO2/c1-7(2)6-14-11(13)10-8(3)5-12-9(10)4/h5,7,12H,6H2,1-4H3. The molecule has 0 aliphatic rings. The van der Waals surface area contributed by atoms with Crippen molar-refractivity contribution in [2.24, 2.45) is 5.92 Å². The van der Waals surface area contributed by atoms with Crippen molar-refractivity contribution in [3.63, 3.8) is 0 Å². The van der Waals surface area contributed by atoms with Gasteiger partial charge in [0.2, 0.25) is 0 Å². The lowest BCUT2D eigenvalue weighted by Crippen LogP contribution is -2.11. The zero-order chi connectivity index (χ0) is 10.7. The molecule has 0 saturated heterocycles. The highest BCUT2D eigenvalue weighted by Gasteiger charge is 2.15. The van der Waals surface area contributed by atoms with E-state index in [9.17, 15) is 4.79 Å². The molecule has 0 aliphatic heterocycles. The number of nitrogens with one attached hydrogen (secondary N) is 1. The van der Waals surface area contributed by atoms with Crippen LogP contribution in [0.1, 0.15) is 35.5 Å². The number of H-pyrrole nitrogens is 1. The highest BCUT2D eigenvalue weighted by Crippen LogP contribution is 2.13. The van der Waals surface area contributed by atoms with Crippen LogP contribution in [0.3, 0.4) is 0 Å². The Morgan fingerprint density at radius 2 is 2.14 bits per heavy atom. The predicted molar refractivity (Wildman–Crippen MR) is 55.4 cm³/mol. The van der Waals surface area contributed by atoms with Gasteiger partial charge in [-0.3, -0.25) is 0 Å². The van der Waals surface area contributed by atoms with Crippen molar-refractivity contribution in [1.82, 2.24) is 4.98 Å². The Morgan fingerprint density at radius 3 is 2.57 bits per heavy atom. The molecule has 1 N–H and O–H groups in total. The molecule has 3 nitrogen and oxygen atoms in total. The van der Waals surface area contributed by atoms with E-state index in [0.717, 1.165) is 11.3 Å². The van der Waals surface area contributed by atoms with E-state index in [1.165, 1.54) is 0 Å². The molecule has 0 bridgehead atoms. The molecule has 1 aromatic heterocycles. The minimum Gasteiger partial charge on any atom is -0.462 e. The molecule has 0 atom stereocenters. The monoisotopic (exact) mass is 195 g/mol. The third kappa shape index (κ3) is 2.37. The maximum absolute atomic E-state index is 11.6. The first-order chi connectivity index (χ1) is 6.52. The van der Waals surface area contributed by atoms with Crippen molar-refractivity contribution in [2.75, 3.05) is 6.61 Å². The maximum atomic E-state index is 11.6. The Hall–Kier alpha value is -1.25. The van der Waals surface area contributed by atoms with Crippen molar-refractivity contribution in [3.8, 4) is 0 Å². The van der Waals surface area contributed by atoms with E-state index in [4.69, 9.17) is 4.74 Å². The molecule has 78 valence electrons. The number of carbonyl (C=O) groups excluding carboxylic acids is 1. The first-order valence-corrected chi connectivity index (χ1v) is 4.84. The minimum atomic E-state index is -0.227. The number of carbonyl (C=O) groups is 1. The number of aromatic nitrogens is 1. The topological polar surface area (TPSA) is 42.1 Å². The van der Waals surface area contributed by atoms with Crippen LogP contribution in [-0.4, -0.2) is 17.6 Å². The second-order valence-electron chi connectivity index (χ2n) is 3.96. The van der Waals surface area contributed by atoms with Gasteiger partial charge in [0.25, 0.3) is 0 Å². The van der Waals surface area contributed by atoms with Crippen LogP contribution in [0.15, 0.2) is 6.20 Å². The maximum Gasteiger partial charge on any atom is 0.340 e. The molecule has 14 heavy (non-hydrogen) atoms. The highest BCUT2D eigenvalue weighted by molar-refractivity contribution is 5.92. The Morgan fingerprint density at radius 1 is 1.50 bits per heavy atom. The Labute approximate surface area is 84.5 Å². The molecule has 0 spiro atoms. The van der Waals surface area contributed by atoms with Gasteiger partial charge in [-0.05, 0) is 25.3 Å². The Kier molecular flexibility index (Phi) is 3.33. The molecule has 1 aromatic rings. The van der Waals surface area contributed by atoms with E-state index >= 15 is 0 Å². The first-order valence-electron chi connectivity index (χ1n) is 4.84. The quantitative estimate of drug-likeness (QED) is 0.753. The second kappa shape index (κ2) is 4.31. The van der Waals surface area contributed by atoms with Gasteiger partial charge >= 0.3 is 5.97 Å². The first kappa shape index (κ1) is 10.8. The molecule has 0 unspecified atom stereocenters. The minimum absolute atomic E-state index is 0.227. The SMILES string of the molecule is Cc1c[nH]c(C)c1C(=O)OCC(C)C. The summed E-state index contributed by atoms with van der Waals surface area (Å²) in [6.45, 7) is 8.28. The van der Waals surface area contributed by atoms with E-state index in [2.05, 4.69) is 4.98 Å². The molecule has 0 fully saturated rings. The van der Waals surface area contributed by atoms with Crippen molar-refractivity contribution in [1.29, 1.82) is 0 Å². The average molecular weight is 195 g/mol. The molecule has 0 aliphatic carbocycles. The number of rotatable bonds is 3. The van der Waals surface area contributed by atoms with Gasteiger partial charge in [-0.25, -0.2) is 4.79 Å². The zero-order valence-corrected chi connectivity index (χ0v) is 9.18. The number of hydrogen-bond donors (Lipinski definition) is 1. The van der Waals surface area contributed by atoms with E-state index in [0.29, 0.717) is 18.1 Å². The van der Waals surface area contributed by atoms with Gasteiger partial charge in [0.15, 0.2) is 0 Å². The number of hydrogen-bond acceptors (Lipinski definition) is 2. The van der Waals surface area contributed by atoms with Crippen molar-refractivity contribution >= 4 is 5.97 Å². The number of aromatic amines is 1. The summed E-state index contributed by atoms with van der Waals surface area (Å²) in [6, 6.07) is 0. The summed E-state index contributed by atoms with van der Waals surface area (Å²) in [5.74, 6) is 0.147. The van der Waals surface area contributed by atoms with Crippen LogP contribution in [0.25, 0.3) is 0 Å². The molecule has 0 amide bonds. The van der Waals surface area contributed by atoms with Crippen LogP contribution in [0.5, 0.6) is 0 Å². The van der Waals surface area contributed by atoms with E-state index in [-0.39, 0.29) is 5.97 Å². The molecule has 1 heterocycles. The van der Waals surface area contributed by atoms with Gasteiger partial charge in [-0.2, -0.15) is 0 Å². The van der Waals surface area contributed by atoms with E-state index in [1.807, 2.05) is 33.9 Å².